The fourth-order valence-electron chi connectivity index (χ4n) is 1.58. The van der Waals surface area contributed by atoms with E-state index in [4.69, 9.17) is 0 Å². The van der Waals surface area contributed by atoms with Crippen LogP contribution in [0, 0.1) is 0 Å². The van der Waals surface area contributed by atoms with E-state index in [2.05, 4.69) is 11.9 Å². The molecule has 76 valence electrons. The molecule has 0 fully saturated rings. The van der Waals surface area contributed by atoms with E-state index in [0.29, 0.717) is 6.54 Å². The van der Waals surface area contributed by atoms with Gasteiger partial charge >= 0.3 is 0 Å². The molecule has 0 atom stereocenters. The molecule has 1 heterocycles. The molecule has 0 saturated heterocycles. The Balaban J connectivity index is 2.34. The van der Waals surface area contributed by atoms with Gasteiger partial charge in [-0.1, -0.05) is 12.8 Å². The molecule has 0 aromatic rings. The number of hydrogen-bond donors (Lipinski definition) is 1. The van der Waals surface area contributed by atoms with Crippen LogP contribution in [0.15, 0.2) is 4.99 Å². The summed E-state index contributed by atoms with van der Waals surface area (Å²) in [6.07, 6.45) is 5.98. The van der Waals surface area contributed by atoms with E-state index in [1.165, 1.54) is 30.0 Å². The zero-order valence-corrected chi connectivity index (χ0v) is 8.50. The molecule has 1 N–H and O–H groups in total. The summed E-state index contributed by atoms with van der Waals surface area (Å²) in [5.41, 5.74) is 1.23. The minimum Gasteiger partial charge on any atom is -0.314 e. The van der Waals surface area contributed by atoms with Crippen molar-refractivity contribution in [3.05, 3.63) is 0 Å². The summed E-state index contributed by atoms with van der Waals surface area (Å²) in [4.78, 5) is 4.39. The normalized spacial score (nSPS) is 23.4. The monoisotopic (exact) mass is 184 g/mol. The maximum Gasteiger partial charge on any atom is 0.0539 e. The Morgan fingerprint density at radius 2 is 1.92 bits per heavy atom. The zero-order valence-electron chi connectivity index (χ0n) is 8.50. The first-order chi connectivity index (χ1) is 6.29. The lowest BCUT2D eigenvalue weighted by atomic mass is 10.1. The highest BCUT2D eigenvalue weighted by Gasteiger charge is 2.01. The first-order valence-electron chi connectivity index (χ1n) is 5.23. The number of nitrogens with zero attached hydrogens (tertiary/aromatic N) is 2. The zero-order chi connectivity index (χ0) is 9.52. The molecule has 13 heavy (non-hydrogen) atoms. The molecule has 1 aliphatic rings. The van der Waals surface area contributed by atoms with Crippen molar-refractivity contribution in [2.45, 2.75) is 39.0 Å². The molecular formula is C10H20N2O. The topological polar surface area (TPSA) is 35.8 Å². The number of hydrogen-bond acceptors (Lipinski definition) is 3. The first-order valence-corrected chi connectivity index (χ1v) is 5.23. The van der Waals surface area contributed by atoms with E-state index >= 15 is 0 Å². The van der Waals surface area contributed by atoms with Crippen LogP contribution in [0.25, 0.3) is 0 Å². The van der Waals surface area contributed by atoms with Crippen LogP contribution in [-0.2, 0) is 0 Å². The van der Waals surface area contributed by atoms with E-state index in [1.807, 2.05) is 0 Å². The fraction of sp³-hybridized carbons (Fsp3) is 0.900. The quantitative estimate of drug-likeness (QED) is 0.626. The third-order valence-electron chi connectivity index (χ3n) is 2.44. The summed E-state index contributed by atoms with van der Waals surface area (Å²) in [7, 11) is 0. The van der Waals surface area contributed by atoms with Gasteiger partial charge in [0.25, 0.3) is 0 Å². The average Bonchev–Trinajstić information content (AvgIpc) is 2.13. The van der Waals surface area contributed by atoms with Gasteiger partial charge in [0.2, 0.25) is 0 Å². The second-order valence-electron chi connectivity index (χ2n) is 3.73. The second-order valence-corrected chi connectivity index (χ2v) is 3.73. The van der Waals surface area contributed by atoms with Crippen molar-refractivity contribution in [2.24, 2.45) is 4.99 Å². The van der Waals surface area contributed by atoms with Crippen LogP contribution < -0.4 is 0 Å². The van der Waals surface area contributed by atoms with Gasteiger partial charge in [-0.25, -0.2) is 0 Å². The fourth-order valence-corrected chi connectivity index (χ4v) is 1.58. The largest absolute Gasteiger partial charge is 0.314 e. The SMILES string of the molecule is CC1=NCCN(O)CCCCCC1. The molecule has 3 nitrogen and oxygen atoms in total. The molecule has 0 aliphatic carbocycles. The Morgan fingerprint density at radius 3 is 2.77 bits per heavy atom. The minimum absolute atomic E-state index is 0.678. The molecule has 0 amide bonds. The van der Waals surface area contributed by atoms with Gasteiger partial charge in [0, 0.05) is 18.8 Å². The van der Waals surface area contributed by atoms with Gasteiger partial charge in [-0.3, -0.25) is 4.99 Å². The Morgan fingerprint density at radius 1 is 1.15 bits per heavy atom. The highest BCUT2D eigenvalue weighted by atomic mass is 16.5. The lowest BCUT2D eigenvalue weighted by Crippen LogP contribution is -2.23. The third-order valence-corrected chi connectivity index (χ3v) is 2.44. The van der Waals surface area contributed by atoms with Crippen LogP contribution >= 0.6 is 0 Å². The molecular weight excluding hydrogens is 164 g/mol. The van der Waals surface area contributed by atoms with Crippen LogP contribution in [0.3, 0.4) is 0 Å². The molecule has 1 aliphatic heterocycles. The van der Waals surface area contributed by atoms with Gasteiger partial charge in [0.1, 0.15) is 0 Å². The minimum atomic E-state index is 0.678. The van der Waals surface area contributed by atoms with Gasteiger partial charge in [-0.05, 0) is 26.2 Å². The van der Waals surface area contributed by atoms with Crippen molar-refractivity contribution in [1.29, 1.82) is 0 Å². The number of hydroxylamine groups is 2. The van der Waals surface area contributed by atoms with Crippen LogP contribution in [0.1, 0.15) is 39.0 Å². The van der Waals surface area contributed by atoms with Crippen molar-refractivity contribution in [3.63, 3.8) is 0 Å². The lowest BCUT2D eigenvalue weighted by molar-refractivity contribution is -0.0885. The maximum absolute atomic E-state index is 9.37. The van der Waals surface area contributed by atoms with Crippen molar-refractivity contribution < 1.29 is 5.21 Å². The standard InChI is InChI=1S/C10H20N2O/c1-10-6-4-2-3-5-8-12(13)9-7-11-10/h13H,2-9H2,1H3. The Labute approximate surface area is 80.4 Å². The van der Waals surface area contributed by atoms with Crippen molar-refractivity contribution in [1.82, 2.24) is 5.06 Å². The van der Waals surface area contributed by atoms with Crippen LogP contribution in [0.4, 0.5) is 0 Å². The second kappa shape index (κ2) is 6.11. The summed E-state index contributed by atoms with van der Waals surface area (Å²) in [6, 6.07) is 0. The predicted octanol–water partition coefficient (Wildman–Crippen LogP) is 2.10. The molecule has 3 heteroatoms. The highest BCUT2D eigenvalue weighted by Crippen LogP contribution is 2.06. The molecule has 0 aromatic heterocycles. The maximum atomic E-state index is 9.37. The van der Waals surface area contributed by atoms with Gasteiger partial charge in [-0.15, -0.1) is 0 Å². The molecule has 0 unspecified atom stereocenters. The molecule has 1 rings (SSSR count). The summed E-state index contributed by atoms with van der Waals surface area (Å²) < 4.78 is 0. The van der Waals surface area contributed by atoms with Crippen LogP contribution in [-0.4, -0.2) is 35.6 Å². The molecule has 0 radical (unpaired) electrons. The van der Waals surface area contributed by atoms with E-state index in [-0.39, 0.29) is 0 Å². The third kappa shape index (κ3) is 5.01. The molecule has 0 aromatic carbocycles. The first kappa shape index (κ1) is 10.7. The molecule has 0 saturated carbocycles. The average molecular weight is 184 g/mol. The molecule has 0 spiro atoms. The van der Waals surface area contributed by atoms with Crippen molar-refractivity contribution >= 4 is 5.71 Å². The van der Waals surface area contributed by atoms with E-state index in [0.717, 1.165) is 25.9 Å². The Bertz CT molecular complexity index is 168. The number of rotatable bonds is 0. The lowest BCUT2D eigenvalue weighted by Gasteiger charge is -2.12. The smallest absolute Gasteiger partial charge is 0.0539 e. The van der Waals surface area contributed by atoms with E-state index in [9.17, 15) is 5.21 Å². The number of aliphatic imine (C=N–C) groups is 1. The summed E-state index contributed by atoms with van der Waals surface area (Å²) >= 11 is 0. The highest BCUT2D eigenvalue weighted by molar-refractivity contribution is 5.81. The predicted molar refractivity (Wildman–Crippen MR) is 54.4 cm³/mol. The van der Waals surface area contributed by atoms with Crippen molar-refractivity contribution in [2.75, 3.05) is 19.6 Å². The Hall–Kier alpha value is -0.410. The van der Waals surface area contributed by atoms with Crippen molar-refractivity contribution in [3.8, 4) is 0 Å². The van der Waals surface area contributed by atoms with Crippen LogP contribution in [0.2, 0.25) is 0 Å². The summed E-state index contributed by atoms with van der Waals surface area (Å²) in [5.74, 6) is 0. The van der Waals surface area contributed by atoms with Gasteiger partial charge in [-0.2, -0.15) is 5.06 Å². The summed E-state index contributed by atoms with van der Waals surface area (Å²) in [5, 5.41) is 10.8. The van der Waals surface area contributed by atoms with E-state index < -0.39 is 0 Å². The van der Waals surface area contributed by atoms with Gasteiger partial charge < -0.3 is 5.21 Å². The van der Waals surface area contributed by atoms with Gasteiger partial charge in [0.15, 0.2) is 0 Å². The molecule has 0 bridgehead atoms. The van der Waals surface area contributed by atoms with Gasteiger partial charge in [0.05, 0.1) is 6.54 Å². The van der Waals surface area contributed by atoms with E-state index in [1.54, 1.807) is 0 Å². The summed E-state index contributed by atoms with van der Waals surface area (Å²) in [6.45, 7) is 4.30. The Kier molecular flexibility index (Phi) is 5.01. The van der Waals surface area contributed by atoms with Crippen LogP contribution in [0.5, 0.6) is 0 Å².